The van der Waals surface area contributed by atoms with Gasteiger partial charge in [0.2, 0.25) is 5.13 Å². The van der Waals surface area contributed by atoms with E-state index in [-0.39, 0.29) is 10.8 Å². The van der Waals surface area contributed by atoms with Gasteiger partial charge in [-0.05, 0) is 42.0 Å². The second-order valence-corrected chi connectivity index (χ2v) is 8.69. The fraction of sp³-hybridized carbons (Fsp3) is 0.200. The number of rotatable bonds is 5. The Bertz CT molecular complexity index is 1360. The van der Waals surface area contributed by atoms with E-state index in [1.54, 1.807) is 41.8 Å². The maximum atomic E-state index is 14.1. The molecular weight excluding hydrogens is 463 g/mol. The number of aromatic nitrogens is 1. The van der Waals surface area contributed by atoms with Crippen LogP contribution in [0, 0.1) is 0 Å². The summed E-state index contributed by atoms with van der Waals surface area (Å²) in [6.07, 6.45) is -5.66. The van der Waals surface area contributed by atoms with E-state index in [0.29, 0.717) is 28.6 Å². The van der Waals surface area contributed by atoms with Gasteiger partial charge in [-0.2, -0.15) is 23.3 Å². The smallest absolute Gasteiger partial charge is 0.438 e. The predicted octanol–water partition coefficient (Wildman–Crippen LogP) is 6.23. The Balaban J connectivity index is 1.55. The highest BCUT2D eigenvalue weighted by atomic mass is 32.1. The number of alkyl halides is 3. The van der Waals surface area contributed by atoms with Crippen LogP contribution in [0.2, 0.25) is 0 Å². The van der Waals surface area contributed by atoms with Gasteiger partial charge >= 0.3 is 6.18 Å². The van der Waals surface area contributed by atoms with Crippen LogP contribution in [0.1, 0.15) is 18.9 Å². The molecule has 0 saturated carbocycles. The molecule has 0 bridgehead atoms. The number of benzene rings is 3. The second kappa shape index (κ2) is 8.41. The Hall–Kier alpha value is -3.43. The molecule has 0 aliphatic carbocycles. The number of halogens is 3. The molecule has 1 atom stereocenters. The van der Waals surface area contributed by atoms with Crippen molar-refractivity contribution in [1.82, 2.24) is 4.98 Å². The molecule has 1 unspecified atom stereocenters. The van der Waals surface area contributed by atoms with Crippen molar-refractivity contribution in [3.8, 4) is 17.0 Å². The molecule has 0 amide bonds. The van der Waals surface area contributed by atoms with Gasteiger partial charge in [-0.3, -0.25) is 0 Å². The molecule has 0 fully saturated rings. The molecule has 1 N–H and O–H groups in total. The van der Waals surface area contributed by atoms with Gasteiger partial charge in [0.15, 0.2) is 0 Å². The van der Waals surface area contributed by atoms with E-state index in [2.05, 4.69) is 10.1 Å². The molecule has 9 heteroatoms. The Morgan fingerprint density at radius 2 is 1.79 bits per heavy atom. The predicted molar refractivity (Wildman–Crippen MR) is 127 cm³/mol. The third kappa shape index (κ3) is 3.80. The van der Waals surface area contributed by atoms with Gasteiger partial charge in [-0.25, -0.2) is 4.98 Å². The van der Waals surface area contributed by atoms with E-state index in [1.165, 1.54) is 0 Å². The van der Waals surface area contributed by atoms with Gasteiger partial charge in [-0.15, -0.1) is 11.3 Å². The topological polar surface area (TPSA) is 58.0 Å². The van der Waals surface area contributed by atoms with E-state index in [0.717, 1.165) is 27.7 Å². The first-order chi connectivity index (χ1) is 16.3. The van der Waals surface area contributed by atoms with E-state index >= 15 is 0 Å². The Kier molecular flexibility index (Phi) is 5.53. The highest BCUT2D eigenvalue weighted by Gasteiger charge is 2.62. The number of hydrazone groups is 1. The number of fused-ring (bicyclic) bond motifs is 1. The standard InChI is InChI=1S/C25H20F3N3O2S/c1-2-33-18-12-10-17(11-13-18)22-15-34-23(29-22)31-24(32,25(26,27)28)14-21(30-31)20-9-5-7-16-6-3-4-8-19(16)20/h3-13,15,32H,2,14H2,1H3. The van der Waals surface area contributed by atoms with E-state index in [1.807, 2.05) is 37.3 Å². The van der Waals surface area contributed by atoms with Crippen LogP contribution in [0.15, 0.2) is 77.2 Å². The molecule has 174 valence electrons. The Morgan fingerprint density at radius 1 is 1.06 bits per heavy atom. The Morgan fingerprint density at radius 3 is 2.53 bits per heavy atom. The van der Waals surface area contributed by atoms with E-state index in [9.17, 15) is 18.3 Å². The van der Waals surface area contributed by atoms with Crippen molar-refractivity contribution in [2.75, 3.05) is 11.6 Å². The number of nitrogens with zero attached hydrogens (tertiary/aromatic N) is 3. The van der Waals surface area contributed by atoms with Crippen LogP contribution in [0.3, 0.4) is 0 Å². The third-order valence-electron chi connectivity index (χ3n) is 5.67. The summed E-state index contributed by atoms with van der Waals surface area (Å²) in [5.41, 5.74) is -1.30. The zero-order valence-corrected chi connectivity index (χ0v) is 18.9. The summed E-state index contributed by atoms with van der Waals surface area (Å²) in [4.78, 5) is 4.37. The van der Waals surface area contributed by atoms with Crippen LogP contribution in [-0.4, -0.2) is 34.3 Å². The largest absolute Gasteiger partial charge is 0.494 e. The molecular formula is C25H20F3N3O2S. The van der Waals surface area contributed by atoms with Crippen molar-refractivity contribution in [2.24, 2.45) is 5.10 Å². The summed E-state index contributed by atoms with van der Waals surface area (Å²) in [6.45, 7) is 2.41. The van der Waals surface area contributed by atoms with Crippen molar-refractivity contribution in [1.29, 1.82) is 0 Å². The SMILES string of the molecule is CCOc1ccc(-c2csc(N3N=C(c4cccc5ccccc45)CC3(O)C(F)(F)F)n2)cc1. The quantitative estimate of drug-likeness (QED) is 0.366. The van der Waals surface area contributed by atoms with Crippen LogP contribution in [-0.2, 0) is 0 Å². The second-order valence-electron chi connectivity index (χ2n) is 7.85. The number of aliphatic hydroxyl groups is 1. The third-order valence-corrected chi connectivity index (χ3v) is 6.49. The fourth-order valence-electron chi connectivity index (χ4n) is 3.98. The number of anilines is 1. The molecule has 34 heavy (non-hydrogen) atoms. The van der Waals surface area contributed by atoms with Gasteiger partial charge in [0.25, 0.3) is 5.72 Å². The minimum Gasteiger partial charge on any atom is -0.494 e. The lowest BCUT2D eigenvalue weighted by Crippen LogP contribution is -2.55. The monoisotopic (exact) mass is 483 g/mol. The van der Waals surface area contributed by atoms with E-state index in [4.69, 9.17) is 4.74 Å². The van der Waals surface area contributed by atoms with Crippen LogP contribution < -0.4 is 9.75 Å². The maximum absolute atomic E-state index is 14.1. The van der Waals surface area contributed by atoms with Crippen LogP contribution in [0.4, 0.5) is 18.3 Å². The summed E-state index contributed by atoms with van der Waals surface area (Å²) in [7, 11) is 0. The van der Waals surface area contributed by atoms with Crippen molar-refractivity contribution >= 4 is 33.0 Å². The minimum atomic E-state index is -4.95. The molecule has 0 radical (unpaired) electrons. The van der Waals surface area contributed by atoms with Crippen LogP contribution in [0.5, 0.6) is 5.75 Å². The number of hydrogen-bond donors (Lipinski definition) is 1. The van der Waals surface area contributed by atoms with Gasteiger partial charge < -0.3 is 9.84 Å². The molecule has 0 spiro atoms. The molecule has 1 aromatic heterocycles. The molecule has 2 heterocycles. The summed E-state index contributed by atoms with van der Waals surface area (Å²) >= 11 is 0.992. The first-order valence-corrected chi connectivity index (χ1v) is 11.5. The highest BCUT2D eigenvalue weighted by Crippen LogP contribution is 2.45. The normalized spacial score (nSPS) is 18.4. The lowest BCUT2D eigenvalue weighted by atomic mass is 9.96. The number of hydrogen-bond acceptors (Lipinski definition) is 6. The zero-order valence-electron chi connectivity index (χ0n) is 18.1. The fourth-order valence-corrected chi connectivity index (χ4v) is 4.83. The van der Waals surface area contributed by atoms with Crippen LogP contribution in [0.25, 0.3) is 22.0 Å². The summed E-state index contributed by atoms with van der Waals surface area (Å²) in [5, 5.41) is 19.0. The van der Waals surface area contributed by atoms with Gasteiger partial charge in [0, 0.05) is 16.5 Å². The van der Waals surface area contributed by atoms with Gasteiger partial charge in [0.05, 0.1) is 24.4 Å². The Labute approximate surface area is 197 Å². The van der Waals surface area contributed by atoms with Crippen molar-refractivity contribution < 1.29 is 23.0 Å². The van der Waals surface area contributed by atoms with E-state index < -0.39 is 18.3 Å². The van der Waals surface area contributed by atoms with Crippen LogP contribution >= 0.6 is 11.3 Å². The molecule has 5 nitrogen and oxygen atoms in total. The molecule has 0 saturated heterocycles. The summed E-state index contributed by atoms with van der Waals surface area (Å²) in [5.74, 6) is 0.692. The average molecular weight is 484 g/mol. The molecule has 5 rings (SSSR count). The molecule has 1 aliphatic heterocycles. The lowest BCUT2D eigenvalue weighted by molar-refractivity contribution is -0.254. The molecule has 1 aliphatic rings. The van der Waals surface area contributed by atoms with Crippen molar-refractivity contribution in [3.63, 3.8) is 0 Å². The first kappa shape index (κ1) is 22.4. The first-order valence-electron chi connectivity index (χ1n) is 10.6. The van der Waals surface area contributed by atoms with Crippen molar-refractivity contribution in [3.05, 3.63) is 77.7 Å². The van der Waals surface area contributed by atoms with Crippen molar-refractivity contribution in [2.45, 2.75) is 25.2 Å². The average Bonchev–Trinajstić information content (AvgIpc) is 3.44. The zero-order chi connectivity index (χ0) is 23.9. The van der Waals surface area contributed by atoms with Gasteiger partial charge in [0.1, 0.15) is 5.75 Å². The minimum absolute atomic E-state index is 0.0426. The number of thiazole rings is 1. The summed E-state index contributed by atoms with van der Waals surface area (Å²) in [6, 6.07) is 19.9. The summed E-state index contributed by atoms with van der Waals surface area (Å²) < 4.78 is 47.8. The highest BCUT2D eigenvalue weighted by molar-refractivity contribution is 7.14. The maximum Gasteiger partial charge on any atom is 0.438 e. The molecule has 4 aromatic rings. The number of ether oxygens (including phenoxy) is 1. The lowest BCUT2D eigenvalue weighted by Gasteiger charge is -2.32. The van der Waals surface area contributed by atoms with Gasteiger partial charge in [-0.1, -0.05) is 42.5 Å². The molecule has 3 aromatic carbocycles.